The van der Waals surface area contributed by atoms with Gasteiger partial charge in [0.15, 0.2) is 0 Å². The molecule has 5 heteroatoms. The van der Waals surface area contributed by atoms with Gasteiger partial charge in [-0.25, -0.2) is 10.9 Å². The standard InChI is InChI=1S/C12H9N3OS/c13-8-9-3-5-10(6-4-9)15(14)12(16)11-2-1-7-17-11/h1-7H,14H2. The van der Waals surface area contributed by atoms with Crippen LogP contribution in [-0.4, -0.2) is 5.91 Å². The van der Waals surface area contributed by atoms with Crippen molar-refractivity contribution in [2.75, 3.05) is 5.01 Å². The number of anilines is 1. The van der Waals surface area contributed by atoms with E-state index in [0.29, 0.717) is 16.1 Å². The van der Waals surface area contributed by atoms with Crippen LogP contribution in [0.4, 0.5) is 5.69 Å². The van der Waals surface area contributed by atoms with Gasteiger partial charge in [-0.05, 0) is 35.7 Å². The second-order valence-corrected chi connectivity index (χ2v) is 4.26. The van der Waals surface area contributed by atoms with Crippen molar-refractivity contribution in [3.05, 3.63) is 52.2 Å². The maximum atomic E-state index is 11.9. The molecule has 0 bridgehead atoms. The second kappa shape index (κ2) is 4.78. The second-order valence-electron chi connectivity index (χ2n) is 3.31. The number of rotatable bonds is 2. The molecule has 2 N–H and O–H groups in total. The average Bonchev–Trinajstić information content (AvgIpc) is 2.91. The number of hydrogen-bond donors (Lipinski definition) is 1. The van der Waals surface area contributed by atoms with Crippen LogP contribution in [0.1, 0.15) is 15.2 Å². The smallest absolute Gasteiger partial charge is 0.266 e. The monoisotopic (exact) mass is 243 g/mol. The summed E-state index contributed by atoms with van der Waals surface area (Å²) in [5.41, 5.74) is 1.09. The minimum Gasteiger partial charge on any atom is -0.266 e. The first-order chi connectivity index (χ1) is 8.22. The Morgan fingerprint density at radius 2 is 2.00 bits per heavy atom. The van der Waals surface area contributed by atoms with E-state index < -0.39 is 0 Å². The summed E-state index contributed by atoms with van der Waals surface area (Å²) in [6.07, 6.45) is 0. The number of hydrazine groups is 1. The van der Waals surface area contributed by atoms with Crippen LogP contribution in [-0.2, 0) is 0 Å². The first kappa shape index (κ1) is 11.3. The van der Waals surface area contributed by atoms with Gasteiger partial charge in [-0.2, -0.15) is 5.26 Å². The summed E-state index contributed by atoms with van der Waals surface area (Å²) in [5, 5.41) is 11.6. The van der Waals surface area contributed by atoms with Gasteiger partial charge in [0.25, 0.3) is 5.91 Å². The Morgan fingerprint density at radius 1 is 1.29 bits per heavy atom. The number of nitrogens with zero attached hydrogens (tertiary/aromatic N) is 2. The van der Waals surface area contributed by atoms with E-state index in [1.54, 1.807) is 36.4 Å². The van der Waals surface area contributed by atoms with E-state index in [0.717, 1.165) is 5.01 Å². The maximum Gasteiger partial charge on any atom is 0.282 e. The van der Waals surface area contributed by atoms with Gasteiger partial charge in [-0.1, -0.05) is 6.07 Å². The summed E-state index contributed by atoms with van der Waals surface area (Å²) in [6, 6.07) is 12.1. The Labute approximate surface area is 102 Å². The van der Waals surface area contributed by atoms with Gasteiger partial charge in [0.05, 0.1) is 22.2 Å². The number of nitrogens with two attached hydrogens (primary N) is 1. The number of carbonyl (C=O) groups is 1. The van der Waals surface area contributed by atoms with E-state index in [4.69, 9.17) is 11.1 Å². The topological polar surface area (TPSA) is 70.1 Å². The third kappa shape index (κ3) is 2.33. The molecule has 2 aromatic rings. The Hall–Kier alpha value is -2.16. The fourth-order valence-corrected chi connectivity index (χ4v) is 1.99. The van der Waals surface area contributed by atoms with Gasteiger partial charge in [-0.15, -0.1) is 11.3 Å². The molecule has 0 spiro atoms. The maximum absolute atomic E-state index is 11.9. The molecule has 1 heterocycles. The molecule has 84 valence electrons. The van der Waals surface area contributed by atoms with E-state index in [1.165, 1.54) is 11.3 Å². The molecule has 1 aromatic heterocycles. The van der Waals surface area contributed by atoms with Crippen LogP contribution in [0.2, 0.25) is 0 Å². The van der Waals surface area contributed by atoms with E-state index in [-0.39, 0.29) is 5.91 Å². The summed E-state index contributed by atoms with van der Waals surface area (Å²) in [5.74, 6) is 5.47. The Balaban J connectivity index is 2.22. The molecule has 0 aliphatic heterocycles. The Morgan fingerprint density at radius 3 is 2.53 bits per heavy atom. The van der Waals surface area contributed by atoms with Gasteiger partial charge in [0.1, 0.15) is 0 Å². The summed E-state index contributed by atoms with van der Waals surface area (Å²) < 4.78 is 0. The highest BCUT2D eigenvalue weighted by molar-refractivity contribution is 7.12. The van der Waals surface area contributed by atoms with Crippen LogP contribution in [0.15, 0.2) is 41.8 Å². The van der Waals surface area contributed by atoms with E-state index in [2.05, 4.69) is 0 Å². The quantitative estimate of drug-likeness (QED) is 0.499. The van der Waals surface area contributed by atoms with Crippen LogP contribution in [0.25, 0.3) is 0 Å². The number of hydrogen-bond acceptors (Lipinski definition) is 4. The van der Waals surface area contributed by atoms with Crippen LogP contribution < -0.4 is 10.9 Å². The third-order valence-electron chi connectivity index (χ3n) is 2.23. The minimum absolute atomic E-state index is 0.260. The van der Waals surface area contributed by atoms with Gasteiger partial charge in [0.2, 0.25) is 0 Å². The zero-order chi connectivity index (χ0) is 12.3. The van der Waals surface area contributed by atoms with Crippen molar-refractivity contribution in [3.8, 4) is 6.07 Å². The lowest BCUT2D eigenvalue weighted by atomic mass is 10.2. The van der Waals surface area contributed by atoms with Crippen molar-refractivity contribution in [2.45, 2.75) is 0 Å². The first-order valence-corrected chi connectivity index (χ1v) is 5.73. The summed E-state index contributed by atoms with van der Waals surface area (Å²) in [6.45, 7) is 0. The van der Waals surface area contributed by atoms with Gasteiger partial charge >= 0.3 is 0 Å². The molecule has 0 atom stereocenters. The zero-order valence-electron chi connectivity index (χ0n) is 8.83. The lowest BCUT2D eigenvalue weighted by Gasteiger charge is -2.15. The van der Waals surface area contributed by atoms with Crippen LogP contribution in [0.5, 0.6) is 0 Å². The molecule has 1 aromatic carbocycles. The number of amides is 1. The molecule has 0 aliphatic carbocycles. The van der Waals surface area contributed by atoms with Crippen molar-refractivity contribution >= 4 is 22.9 Å². The van der Waals surface area contributed by atoms with Gasteiger partial charge in [-0.3, -0.25) is 4.79 Å². The summed E-state index contributed by atoms with van der Waals surface area (Å²) >= 11 is 1.34. The van der Waals surface area contributed by atoms with E-state index >= 15 is 0 Å². The number of thiophene rings is 1. The van der Waals surface area contributed by atoms with Crippen LogP contribution in [0, 0.1) is 11.3 Å². The van der Waals surface area contributed by atoms with Crippen LogP contribution >= 0.6 is 11.3 Å². The average molecular weight is 243 g/mol. The molecular formula is C12H9N3OS. The molecule has 0 unspecified atom stereocenters. The molecule has 4 nitrogen and oxygen atoms in total. The number of benzene rings is 1. The fraction of sp³-hybridized carbons (Fsp3) is 0. The Bertz CT molecular complexity index is 554. The van der Waals surface area contributed by atoms with Gasteiger partial charge in [0, 0.05) is 0 Å². The molecule has 0 aliphatic rings. The highest BCUT2D eigenvalue weighted by Gasteiger charge is 2.14. The van der Waals surface area contributed by atoms with Gasteiger partial charge < -0.3 is 0 Å². The predicted octanol–water partition coefficient (Wildman–Crippen LogP) is 2.14. The molecule has 2 rings (SSSR count). The summed E-state index contributed by atoms with van der Waals surface area (Å²) in [4.78, 5) is 12.5. The molecule has 0 saturated carbocycles. The molecule has 0 fully saturated rings. The van der Waals surface area contributed by atoms with Crippen molar-refractivity contribution in [1.29, 1.82) is 5.26 Å². The molecule has 0 saturated heterocycles. The molecule has 0 radical (unpaired) electrons. The predicted molar refractivity (Wildman–Crippen MR) is 66.5 cm³/mol. The van der Waals surface area contributed by atoms with Crippen molar-refractivity contribution in [2.24, 2.45) is 5.84 Å². The lowest BCUT2D eigenvalue weighted by Crippen LogP contribution is -2.36. The van der Waals surface area contributed by atoms with Crippen molar-refractivity contribution in [3.63, 3.8) is 0 Å². The highest BCUT2D eigenvalue weighted by Crippen LogP contribution is 2.17. The largest absolute Gasteiger partial charge is 0.282 e. The molecule has 17 heavy (non-hydrogen) atoms. The van der Waals surface area contributed by atoms with E-state index in [1.807, 2.05) is 11.4 Å². The molecule has 1 amide bonds. The SMILES string of the molecule is N#Cc1ccc(N(N)C(=O)c2cccs2)cc1. The molecular weight excluding hydrogens is 234 g/mol. The first-order valence-electron chi connectivity index (χ1n) is 4.85. The Kier molecular flexibility index (Phi) is 3.19. The summed E-state index contributed by atoms with van der Waals surface area (Å²) in [7, 11) is 0. The normalized spacial score (nSPS) is 9.65. The van der Waals surface area contributed by atoms with E-state index in [9.17, 15) is 4.79 Å². The lowest BCUT2D eigenvalue weighted by molar-refractivity contribution is 0.0991. The third-order valence-corrected chi connectivity index (χ3v) is 3.08. The van der Waals surface area contributed by atoms with Crippen LogP contribution in [0.3, 0.4) is 0 Å². The fourth-order valence-electron chi connectivity index (χ4n) is 1.33. The number of carbonyl (C=O) groups excluding carboxylic acids is 1. The zero-order valence-corrected chi connectivity index (χ0v) is 9.65. The minimum atomic E-state index is -0.260. The van der Waals surface area contributed by atoms with Crippen molar-refractivity contribution < 1.29 is 4.79 Å². The van der Waals surface area contributed by atoms with Crippen molar-refractivity contribution in [1.82, 2.24) is 0 Å². The highest BCUT2D eigenvalue weighted by atomic mass is 32.1. The number of nitriles is 1.